The number of Topliss-reactive ketones (excluding diaryl/α,β-unsaturated/α-hetero) is 1. The van der Waals surface area contributed by atoms with Crippen LogP contribution in [-0.4, -0.2) is 47.9 Å². The molecule has 0 saturated heterocycles. The van der Waals surface area contributed by atoms with E-state index in [4.69, 9.17) is 27.1 Å². The molecule has 3 aromatic rings. The third-order valence-corrected chi connectivity index (χ3v) is 8.18. The van der Waals surface area contributed by atoms with Crippen LogP contribution in [0.15, 0.2) is 83.9 Å². The van der Waals surface area contributed by atoms with Crippen LogP contribution in [0.3, 0.4) is 0 Å². The van der Waals surface area contributed by atoms with Crippen molar-refractivity contribution >= 4 is 34.7 Å². The van der Waals surface area contributed by atoms with Crippen LogP contribution in [0.1, 0.15) is 43.2 Å². The monoisotopic (exact) mass is 559 g/mol. The van der Waals surface area contributed by atoms with Gasteiger partial charge in [0.25, 0.3) is 5.91 Å². The second kappa shape index (κ2) is 11.9. The van der Waals surface area contributed by atoms with E-state index in [0.717, 1.165) is 25.7 Å². The topological polar surface area (TPSA) is 105 Å². The number of nitrogens with zero attached hydrogens (tertiary/aromatic N) is 2. The smallest absolute Gasteiger partial charge is 0.277 e. The first-order valence-electron chi connectivity index (χ1n) is 13.7. The van der Waals surface area contributed by atoms with Crippen LogP contribution in [0.25, 0.3) is 0 Å². The number of rotatable bonds is 9. The maximum Gasteiger partial charge on any atom is 0.277 e. The molecule has 8 heteroatoms. The molecule has 1 aliphatic heterocycles. The lowest BCUT2D eigenvalue weighted by atomic mass is 9.81. The lowest BCUT2D eigenvalue weighted by Gasteiger charge is -2.32. The summed E-state index contributed by atoms with van der Waals surface area (Å²) in [7, 11) is 1.58. The molecular weight excluding hydrogens is 526 g/mol. The van der Waals surface area contributed by atoms with Gasteiger partial charge in [0, 0.05) is 23.2 Å². The number of hydrogen-bond acceptors (Lipinski definition) is 6. The fourth-order valence-corrected chi connectivity index (χ4v) is 5.93. The van der Waals surface area contributed by atoms with E-state index in [-0.39, 0.29) is 12.5 Å². The number of nitrogens with two attached hydrogens (primary N) is 1. The molecular formula is C32H34ClN3O4. The molecule has 0 spiro atoms. The Bertz CT molecular complexity index is 1390. The lowest BCUT2D eigenvalue weighted by molar-refractivity contribution is -0.140. The Balaban J connectivity index is 1.56. The Hall–Kier alpha value is -3.52. The van der Waals surface area contributed by atoms with Gasteiger partial charge in [-0.1, -0.05) is 85.8 Å². The maximum absolute atomic E-state index is 14.4. The second-order valence-electron chi connectivity index (χ2n) is 10.7. The van der Waals surface area contributed by atoms with E-state index >= 15 is 0 Å². The molecule has 3 N–H and O–H groups in total. The number of hydrogen-bond donors (Lipinski definition) is 2. The van der Waals surface area contributed by atoms with Crippen molar-refractivity contribution in [3.05, 3.63) is 95.0 Å². The molecule has 1 fully saturated rings. The number of anilines is 1. The van der Waals surface area contributed by atoms with Gasteiger partial charge >= 0.3 is 0 Å². The van der Waals surface area contributed by atoms with Crippen LogP contribution in [0, 0.1) is 11.8 Å². The first kappa shape index (κ1) is 28.0. The first-order chi connectivity index (χ1) is 19.3. The summed E-state index contributed by atoms with van der Waals surface area (Å²) in [5, 5.41) is 11.8. The van der Waals surface area contributed by atoms with E-state index in [1.165, 1.54) is 4.90 Å². The third kappa shape index (κ3) is 5.68. The fraction of sp³-hybridized carbons (Fsp3) is 0.344. The Morgan fingerprint density at radius 1 is 1.10 bits per heavy atom. The third-order valence-electron chi connectivity index (χ3n) is 7.94. The summed E-state index contributed by atoms with van der Waals surface area (Å²) in [4.78, 5) is 34.5. The number of carbonyl (C=O) groups is 2. The number of aliphatic imine (C=N–C) groups is 1. The summed E-state index contributed by atoms with van der Waals surface area (Å²) < 4.78 is 5.82. The number of para-hydroxylation sites is 1. The Labute approximate surface area is 239 Å². The maximum atomic E-state index is 14.4. The molecule has 1 heterocycles. The van der Waals surface area contributed by atoms with Crippen molar-refractivity contribution in [3.63, 3.8) is 0 Å². The second-order valence-corrected chi connectivity index (χ2v) is 11.1. The van der Waals surface area contributed by atoms with Crippen molar-refractivity contribution in [1.29, 1.82) is 0 Å². The van der Waals surface area contributed by atoms with Crippen LogP contribution >= 0.6 is 11.6 Å². The normalized spacial score (nSPS) is 20.9. The molecule has 5 rings (SSSR count). The number of benzene rings is 3. The van der Waals surface area contributed by atoms with Crippen molar-refractivity contribution in [3.8, 4) is 5.75 Å². The van der Waals surface area contributed by atoms with Gasteiger partial charge in [-0.3, -0.25) is 15.3 Å². The minimum Gasteiger partial charge on any atom is -0.491 e. The quantitative estimate of drug-likeness (QED) is 0.358. The van der Waals surface area contributed by atoms with Gasteiger partial charge < -0.3 is 14.7 Å². The van der Waals surface area contributed by atoms with E-state index in [0.29, 0.717) is 39.7 Å². The average Bonchev–Trinajstić information content (AvgIpc) is 3.48. The minimum absolute atomic E-state index is 0.113. The number of aliphatic hydroxyl groups is 1. The Morgan fingerprint density at radius 3 is 2.42 bits per heavy atom. The molecule has 1 saturated carbocycles. The molecule has 40 heavy (non-hydrogen) atoms. The number of ketones is 1. The first-order valence-corrected chi connectivity index (χ1v) is 14.1. The number of carbonyl (C=O) groups excluding carboxylic acids is 2. The number of benzodiazepines with no additional fused rings is 1. The number of fused-ring (bicyclic) bond motifs is 1. The van der Waals surface area contributed by atoms with Crippen molar-refractivity contribution < 1.29 is 19.4 Å². The molecule has 3 aromatic carbocycles. The predicted molar refractivity (Wildman–Crippen MR) is 157 cm³/mol. The van der Waals surface area contributed by atoms with Crippen molar-refractivity contribution in [2.75, 3.05) is 18.6 Å². The molecule has 0 bridgehead atoms. The summed E-state index contributed by atoms with van der Waals surface area (Å²) in [6, 6.07) is 23.5. The van der Waals surface area contributed by atoms with Crippen LogP contribution in [0.4, 0.5) is 5.69 Å². The van der Waals surface area contributed by atoms with Gasteiger partial charge in [0.1, 0.15) is 12.4 Å². The number of amides is 1. The highest BCUT2D eigenvalue weighted by atomic mass is 35.5. The van der Waals surface area contributed by atoms with E-state index in [2.05, 4.69) is 0 Å². The summed E-state index contributed by atoms with van der Waals surface area (Å²) in [5.74, 6) is -1.40. The molecule has 1 amide bonds. The summed E-state index contributed by atoms with van der Waals surface area (Å²) in [6.45, 7) is -0.113. The van der Waals surface area contributed by atoms with Crippen LogP contribution < -0.4 is 15.4 Å². The van der Waals surface area contributed by atoms with Crippen molar-refractivity contribution in [2.45, 2.75) is 43.9 Å². The van der Waals surface area contributed by atoms with Gasteiger partial charge in [-0.15, -0.1) is 0 Å². The molecule has 0 aromatic heterocycles. The zero-order valence-electron chi connectivity index (χ0n) is 22.5. The molecule has 1 unspecified atom stereocenters. The van der Waals surface area contributed by atoms with Crippen molar-refractivity contribution in [1.82, 2.24) is 0 Å². The summed E-state index contributed by atoms with van der Waals surface area (Å²) in [6.07, 6.45) is 3.30. The largest absolute Gasteiger partial charge is 0.491 e. The zero-order valence-corrected chi connectivity index (χ0v) is 23.3. The van der Waals surface area contributed by atoms with E-state index in [9.17, 15) is 14.7 Å². The molecule has 2 aliphatic rings. The summed E-state index contributed by atoms with van der Waals surface area (Å²) >= 11 is 6.37. The standard InChI is InChI=1S/C32H34ClN3O4/c1-36-27-17-16-23(33)19-25(27)29(22-12-4-2-5-13-22)35-32(34,31(36)39)30(38)26(18-21-10-8-9-11-21)28(37)20-40-24-14-6-3-7-15-24/h2-7,12-17,19,21,26,28,37H,8-11,18,20,34H2,1H3/t26-,28-,32?/m1/s1. The van der Waals surface area contributed by atoms with Gasteiger partial charge in [0.15, 0.2) is 5.78 Å². The van der Waals surface area contributed by atoms with Gasteiger partial charge in [0.05, 0.1) is 23.4 Å². The Kier molecular flexibility index (Phi) is 8.35. The molecule has 7 nitrogen and oxygen atoms in total. The van der Waals surface area contributed by atoms with E-state index in [1.54, 1.807) is 37.4 Å². The lowest BCUT2D eigenvalue weighted by Crippen LogP contribution is -2.61. The minimum atomic E-state index is -2.26. The Morgan fingerprint density at radius 2 is 1.75 bits per heavy atom. The van der Waals surface area contributed by atoms with Gasteiger partial charge in [0.2, 0.25) is 5.66 Å². The molecule has 1 aliphatic carbocycles. The van der Waals surface area contributed by atoms with E-state index in [1.807, 2.05) is 48.5 Å². The average molecular weight is 560 g/mol. The number of ether oxygens (including phenoxy) is 1. The highest BCUT2D eigenvalue weighted by molar-refractivity contribution is 6.32. The molecule has 0 radical (unpaired) electrons. The zero-order chi connectivity index (χ0) is 28.3. The highest BCUT2D eigenvalue weighted by Crippen LogP contribution is 2.37. The number of halogens is 1. The van der Waals surface area contributed by atoms with Crippen LogP contribution in [-0.2, 0) is 9.59 Å². The molecule has 3 atom stereocenters. The van der Waals surface area contributed by atoms with Crippen LogP contribution in [0.2, 0.25) is 5.02 Å². The van der Waals surface area contributed by atoms with Gasteiger partial charge in [-0.2, -0.15) is 0 Å². The van der Waals surface area contributed by atoms with Gasteiger partial charge in [-0.05, 0) is 42.7 Å². The molecule has 208 valence electrons. The SMILES string of the molecule is CN1C(=O)C(N)(C(=O)[C@H](CC2CCCC2)[C@H](O)COc2ccccc2)N=C(c2ccccc2)c2cc(Cl)ccc21. The predicted octanol–water partition coefficient (Wildman–Crippen LogP) is 5.01. The fourth-order valence-electron chi connectivity index (χ4n) is 5.76. The van der Waals surface area contributed by atoms with Gasteiger partial charge in [-0.25, -0.2) is 4.99 Å². The number of aliphatic hydroxyl groups excluding tert-OH is 1. The van der Waals surface area contributed by atoms with Crippen molar-refractivity contribution in [2.24, 2.45) is 22.6 Å². The number of likely N-dealkylation sites (N-methyl/N-ethyl adjacent to an activating group) is 1. The highest BCUT2D eigenvalue weighted by Gasteiger charge is 2.51. The van der Waals surface area contributed by atoms with Crippen LogP contribution in [0.5, 0.6) is 5.75 Å². The summed E-state index contributed by atoms with van der Waals surface area (Å²) in [5.41, 5.74) is 6.74. The van der Waals surface area contributed by atoms with E-state index < -0.39 is 29.4 Å².